The number of morpholine rings is 1. The van der Waals surface area contributed by atoms with E-state index in [1.54, 1.807) is 0 Å². The number of hydrogen-bond acceptors (Lipinski definition) is 4. The Morgan fingerprint density at radius 2 is 1.90 bits per heavy atom. The van der Waals surface area contributed by atoms with Gasteiger partial charge in [0.2, 0.25) is 0 Å². The molecule has 0 spiro atoms. The summed E-state index contributed by atoms with van der Waals surface area (Å²) in [5, 5.41) is 3.53. The molecule has 2 saturated heterocycles. The Bertz CT molecular complexity index is 660. The quantitative estimate of drug-likeness (QED) is 0.369. The van der Waals surface area contributed by atoms with Gasteiger partial charge in [-0.3, -0.25) is 4.99 Å². The fourth-order valence-corrected chi connectivity index (χ4v) is 4.45. The molecule has 7 heteroatoms. The van der Waals surface area contributed by atoms with E-state index in [1.807, 2.05) is 7.05 Å². The van der Waals surface area contributed by atoms with Crippen molar-refractivity contribution in [2.45, 2.75) is 63.4 Å². The van der Waals surface area contributed by atoms with E-state index in [1.165, 1.54) is 31.2 Å². The fraction of sp³-hybridized carbons (Fsp3) is 0.682. The number of aliphatic imine (C=N–C) groups is 1. The van der Waals surface area contributed by atoms with Crippen molar-refractivity contribution in [3.63, 3.8) is 0 Å². The van der Waals surface area contributed by atoms with Crippen LogP contribution in [0.4, 0.5) is 0 Å². The van der Waals surface area contributed by atoms with Gasteiger partial charge in [0.05, 0.1) is 18.8 Å². The summed E-state index contributed by atoms with van der Waals surface area (Å²) in [6, 6.07) is 8.35. The van der Waals surface area contributed by atoms with Crippen LogP contribution in [0.2, 0.25) is 0 Å². The van der Waals surface area contributed by atoms with Gasteiger partial charge in [0.25, 0.3) is 0 Å². The van der Waals surface area contributed by atoms with Crippen LogP contribution in [0.15, 0.2) is 29.3 Å². The van der Waals surface area contributed by atoms with Gasteiger partial charge in [-0.2, -0.15) is 0 Å². The largest absolute Gasteiger partial charge is 0.490 e. The molecule has 0 radical (unpaired) electrons. The van der Waals surface area contributed by atoms with Crippen molar-refractivity contribution in [3.05, 3.63) is 29.8 Å². The monoisotopic (exact) mass is 515 g/mol. The van der Waals surface area contributed by atoms with Crippen molar-refractivity contribution >= 4 is 29.9 Å². The van der Waals surface area contributed by atoms with Crippen molar-refractivity contribution in [1.29, 1.82) is 0 Å². The zero-order chi connectivity index (χ0) is 19.2. The minimum absolute atomic E-state index is 0. The van der Waals surface area contributed by atoms with Crippen LogP contribution in [-0.2, 0) is 16.0 Å². The highest BCUT2D eigenvalue weighted by molar-refractivity contribution is 14.0. The van der Waals surface area contributed by atoms with Crippen LogP contribution in [0.5, 0.6) is 5.75 Å². The maximum absolute atomic E-state index is 6.27. The highest BCUT2D eigenvalue weighted by Gasteiger charge is 2.32. The zero-order valence-corrected chi connectivity index (χ0v) is 19.7. The van der Waals surface area contributed by atoms with Crippen LogP contribution >= 0.6 is 24.0 Å². The molecule has 2 atom stereocenters. The van der Waals surface area contributed by atoms with Crippen LogP contribution in [0.1, 0.15) is 44.1 Å². The first kappa shape index (κ1) is 22.6. The second-order valence-electron chi connectivity index (χ2n) is 7.94. The third-order valence-corrected chi connectivity index (χ3v) is 5.99. The molecule has 29 heavy (non-hydrogen) atoms. The summed E-state index contributed by atoms with van der Waals surface area (Å²) in [5.41, 5.74) is 1.18. The van der Waals surface area contributed by atoms with Gasteiger partial charge in [-0.15, -0.1) is 24.0 Å². The molecule has 1 aliphatic carbocycles. The third kappa shape index (κ3) is 5.98. The molecule has 1 saturated carbocycles. The number of halogens is 1. The summed E-state index contributed by atoms with van der Waals surface area (Å²) < 4.78 is 18.1. The molecule has 162 valence electrons. The molecule has 1 aromatic carbocycles. The van der Waals surface area contributed by atoms with Crippen LogP contribution in [0.3, 0.4) is 0 Å². The Hall–Kier alpha value is -1.06. The SMILES string of the molecule is CN=C(NCc1ccccc1OC1CCCC1)N1CCOC(C2CCCO2)C1.I. The van der Waals surface area contributed by atoms with Crippen molar-refractivity contribution < 1.29 is 14.2 Å². The van der Waals surface area contributed by atoms with E-state index < -0.39 is 0 Å². The Morgan fingerprint density at radius 3 is 2.66 bits per heavy atom. The Kier molecular flexibility index (Phi) is 8.86. The van der Waals surface area contributed by atoms with Gasteiger partial charge in [0, 0.05) is 38.9 Å². The number of nitrogens with one attached hydrogen (secondary N) is 1. The van der Waals surface area contributed by atoms with E-state index in [2.05, 4.69) is 39.5 Å². The molecule has 2 unspecified atom stereocenters. The van der Waals surface area contributed by atoms with Crippen molar-refractivity contribution in [2.24, 2.45) is 4.99 Å². The predicted octanol–water partition coefficient (Wildman–Crippen LogP) is 3.58. The summed E-state index contributed by atoms with van der Waals surface area (Å²) in [6.45, 7) is 3.95. The van der Waals surface area contributed by atoms with Gasteiger partial charge in [-0.25, -0.2) is 0 Å². The maximum atomic E-state index is 6.27. The Labute approximate surface area is 191 Å². The van der Waals surface area contributed by atoms with Gasteiger partial charge < -0.3 is 24.4 Å². The van der Waals surface area contributed by atoms with Crippen LogP contribution in [0.25, 0.3) is 0 Å². The average molecular weight is 515 g/mol. The number of benzene rings is 1. The maximum Gasteiger partial charge on any atom is 0.194 e. The number of nitrogens with zero attached hydrogens (tertiary/aromatic N) is 2. The Balaban J connectivity index is 0.00000240. The molecule has 3 aliphatic rings. The lowest BCUT2D eigenvalue weighted by Gasteiger charge is -2.37. The summed E-state index contributed by atoms with van der Waals surface area (Å²) in [6.07, 6.45) is 7.84. The molecule has 0 amide bonds. The van der Waals surface area contributed by atoms with Crippen LogP contribution in [0, 0.1) is 0 Å². The number of para-hydroxylation sites is 1. The second-order valence-corrected chi connectivity index (χ2v) is 7.94. The first-order valence-corrected chi connectivity index (χ1v) is 10.8. The average Bonchev–Trinajstić information content (AvgIpc) is 3.44. The van der Waals surface area contributed by atoms with E-state index in [4.69, 9.17) is 14.2 Å². The van der Waals surface area contributed by atoms with Gasteiger partial charge in [0.15, 0.2) is 5.96 Å². The highest BCUT2D eigenvalue weighted by Crippen LogP contribution is 2.27. The summed E-state index contributed by atoms with van der Waals surface area (Å²) >= 11 is 0. The van der Waals surface area contributed by atoms with Crippen LogP contribution < -0.4 is 10.1 Å². The van der Waals surface area contributed by atoms with Gasteiger partial charge in [-0.1, -0.05) is 18.2 Å². The number of ether oxygens (including phenoxy) is 3. The number of hydrogen-bond donors (Lipinski definition) is 1. The standard InChI is InChI=1S/C22H33N3O3.HI/c1-23-22(25-12-14-27-21(16-25)20-11-6-13-26-20)24-15-17-7-2-5-10-19(17)28-18-8-3-4-9-18;/h2,5,7,10,18,20-21H,3-4,6,8-9,11-16H2,1H3,(H,23,24);1H. The molecular formula is C22H34IN3O3. The lowest BCUT2D eigenvalue weighted by molar-refractivity contribution is -0.0817. The molecule has 2 heterocycles. The first-order chi connectivity index (χ1) is 13.8. The molecule has 0 bridgehead atoms. The lowest BCUT2D eigenvalue weighted by atomic mass is 10.1. The molecule has 0 aromatic heterocycles. The normalized spacial score (nSPS) is 25.7. The van der Waals surface area contributed by atoms with Gasteiger partial charge >= 0.3 is 0 Å². The molecule has 1 N–H and O–H groups in total. The predicted molar refractivity (Wildman–Crippen MR) is 125 cm³/mol. The summed E-state index contributed by atoms with van der Waals surface area (Å²) in [7, 11) is 1.85. The Morgan fingerprint density at radius 1 is 1.10 bits per heavy atom. The molecule has 4 rings (SSSR count). The smallest absolute Gasteiger partial charge is 0.194 e. The summed E-state index contributed by atoms with van der Waals surface area (Å²) in [4.78, 5) is 6.80. The second kappa shape index (κ2) is 11.4. The third-order valence-electron chi connectivity index (χ3n) is 5.99. The van der Waals surface area contributed by atoms with Crippen molar-refractivity contribution in [3.8, 4) is 5.75 Å². The van der Waals surface area contributed by atoms with E-state index in [0.717, 1.165) is 44.2 Å². The molecule has 1 aromatic rings. The van der Waals surface area contributed by atoms with Crippen molar-refractivity contribution in [2.75, 3.05) is 33.4 Å². The number of rotatable bonds is 5. The van der Waals surface area contributed by atoms with E-state index in [-0.39, 0.29) is 36.2 Å². The van der Waals surface area contributed by atoms with Crippen LogP contribution in [-0.4, -0.2) is 62.5 Å². The van der Waals surface area contributed by atoms with Crippen molar-refractivity contribution in [1.82, 2.24) is 10.2 Å². The first-order valence-electron chi connectivity index (χ1n) is 10.8. The van der Waals surface area contributed by atoms with E-state index in [9.17, 15) is 0 Å². The molecular weight excluding hydrogens is 481 g/mol. The topological polar surface area (TPSA) is 55.3 Å². The van der Waals surface area contributed by atoms with E-state index in [0.29, 0.717) is 19.3 Å². The zero-order valence-electron chi connectivity index (χ0n) is 17.3. The lowest BCUT2D eigenvalue weighted by Crippen LogP contribution is -2.53. The molecule has 6 nitrogen and oxygen atoms in total. The fourth-order valence-electron chi connectivity index (χ4n) is 4.45. The van der Waals surface area contributed by atoms with E-state index >= 15 is 0 Å². The molecule has 3 fully saturated rings. The minimum Gasteiger partial charge on any atom is -0.490 e. The number of guanidine groups is 1. The minimum atomic E-state index is 0. The highest BCUT2D eigenvalue weighted by atomic mass is 127. The summed E-state index contributed by atoms with van der Waals surface area (Å²) in [5.74, 6) is 1.92. The van der Waals surface area contributed by atoms with Gasteiger partial charge in [-0.05, 0) is 44.6 Å². The van der Waals surface area contributed by atoms with Gasteiger partial charge in [0.1, 0.15) is 11.9 Å². The molecule has 2 aliphatic heterocycles.